The molecule has 0 bridgehead atoms. The molecule has 3 heteroatoms. The summed E-state index contributed by atoms with van der Waals surface area (Å²) in [6.45, 7) is 5.75. The van der Waals surface area contributed by atoms with E-state index in [4.69, 9.17) is 17.4 Å². The number of nitrogens with two attached hydrogens (primary N) is 1. The zero-order valence-corrected chi connectivity index (χ0v) is 10.4. The van der Waals surface area contributed by atoms with E-state index in [1.54, 1.807) is 0 Å². The average molecular weight is 239 g/mol. The molecule has 0 spiro atoms. The number of hydrazine groups is 1. The Bertz CT molecular complexity index is 330. The van der Waals surface area contributed by atoms with Crippen LogP contribution in [0.3, 0.4) is 0 Å². The number of allylic oxidation sites excluding steroid dienone is 1. The molecule has 0 saturated carbocycles. The zero-order chi connectivity index (χ0) is 12.0. The number of benzene rings is 1. The van der Waals surface area contributed by atoms with Crippen LogP contribution in [0.4, 0.5) is 0 Å². The molecule has 1 aromatic rings. The predicted octanol–water partition coefficient (Wildman–Crippen LogP) is 3.51. The van der Waals surface area contributed by atoms with E-state index in [1.807, 2.05) is 25.1 Å². The van der Waals surface area contributed by atoms with Crippen molar-refractivity contribution in [2.75, 3.05) is 0 Å². The fourth-order valence-electron chi connectivity index (χ4n) is 1.78. The monoisotopic (exact) mass is 238 g/mol. The van der Waals surface area contributed by atoms with E-state index in [9.17, 15) is 0 Å². The number of aryl methyl sites for hydroxylation is 1. The highest BCUT2D eigenvalue weighted by Crippen LogP contribution is 2.23. The maximum atomic E-state index is 6.03. The van der Waals surface area contributed by atoms with Crippen molar-refractivity contribution in [2.45, 2.75) is 32.2 Å². The van der Waals surface area contributed by atoms with Crippen molar-refractivity contribution in [3.05, 3.63) is 47.0 Å². The quantitative estimate of drug-likeness (QED) is 0.345. The van der Waals surface area contributed by atoms with Crippen LogP contribution in [0.15, 0.2) is 30.9 Å². The van der Waals surface area contributed by atoms with Gasteiger partial charge in [0.25, 0.3) is 0 Å². The lowest BCUT2D eigenvalue weighted by Crippen LogP contribution is -2.28. The second-order valence-electron chi connectivity index (χ2n) is 4.00. The van der Waals surface area contributed by atoms with Gasteiger partial charge in [-0.2, -0.15) is 0 Å². The normalized spacial score (nSPS) is 12.4. The number of unbranched alkanes of at least 4 members (excludes halogenated alkanes) is 1. The third kappa shape index (κ3) is 3.97. The molecule has 0 heterocycles. The lowest BCUT2D eigenvalue weighted by atomic mass is 10.00. The molecule has 0 fully saturated rings. The predicted molar refractivity (Wildman–Crippen MR) is 70.3 cm³/mol. The van der Waals surface area contributed by atoms with Gasteiger partial charge in [-0.15, -0.1) is 6.58 Å². The number of halogens is 1. The van der Waals surface area contributed by atoms with Crippen LogP contribution in [0.1, 0.15) is 36.4 Å². The molecule has 0 radical (unpaired) electrons. The van der Waals surface area contributed by atoms with Crippen LogP contribution in [-0.4, -0.2) is 0 Å². The van der Waals surface area contributed by atoms with E-state index in [0.29, 0.717) is 0 Å². The van der Waals surface area contributed by atoms with Crippen LogP contribution in [0.25, 0.3) is 0 Å². The van der Waals surface area contributed by atoms with Gasteiger partial charge in [-0.25, -0.2) is 0 Å². The van der Waals surface area contributed by atoms with E-state index in [0.717, 1.165) is 35.4 Å². The molecule has 1 unspecified atom stereocenters. The topological polar surface area (TPSA) is 38.0 Å². The Labute approximate surface area is 102 Å². The summed E-state index contributed by atoms with van der Waals surface area (Å²) in [4.78, 5) is 0. The molecule has 0 saturated heterocycles. The summed E-state index contributed by atoms with van der Waals surface area (Å²) in [5.41, 5.74) is 5.15. The number of rotatable bonds is 6. The van der Waals surface area contributed by atoms with E-state index >= 15 is 0 Å². The van der Waals surface area contributed by atoms with Crippen molar-refractivity contribution < 1.29 is 0 Å². The van der Waals surface area contributed by atoms with Crippen molar-refractivity contribution in [2.24, 2.45) is 5.84 Å². The van der Waals surface area contributed by atoms with E-state index < -0.39 is 0 Å². The van der Waals surface area contributed by atoms with Gasteiger partial charge >= 0.3 is 0 Å². The SMILES string of the molecule is C=CCCCC(NN)c1cc(C)cc(Cl)c1. The summed E-state index contributed by atoms with van der Waals surface area (Å²) >= 11 is 6.03. The zero-order valence-electron chi connectivity index (χ0n) is 9.67. The fourth-order valence-corrected chi connectivity index (χ4v) is 2.08. The fraction of sp³-hybridized carbons (Fsp3) is 0.385. The third-order valence-corrected chi connectivity index (χ3v) is 2.79. The molecule has 1 atom stereocenters. The van der Waals surface area contributed by atoms with Crippen LogP contribution in [-0.2, 0) is 0 Å². The minimum Gasteiger partial charge on any atom is -0.271 e. The molecule has 3 N–H and O–H groups in total. The highest BCUT2D eigenvalue weighted by atomic mass is 35.5. The molecule has 0 aliphatic carbocycles. The first-order chi connectivity index (χ1) is 7.67. The summed E-state index contributed by atoms with van der Waals surface area (Å²) in [7, 11) is 0. The standard InChI is InChI=1S/C13H19ClN2/c1-3-4-5-6-13(16-15)11-7-10(2)8-12(14)9-11/h3,7-9,13,16H,1,4-6,15H2,2H3. The lowest BCUT2D eigenvalue weighted by Gasteiger charge is -2.16. The maximum absolute atomic E-state index is 6.03. The Morgan fingerprint density at radius 2 is 2.25 bits per heavy atom. The molecule has 0 amide bonds. The highest BCUT2D eigenvalue weighted by Gasteiger charge is 2.09. The maximum Gasteiger partial charge on any atom is 0.0460 e. The highest BCUT2D eigenvalue weighted by molar-refractivity contribution is 6.30. The number of hydrogen-bond donors (Lipinski definition) is 2. The molecule has 1 rings (SSSR count). The van der Waals surface area contributed by atoms with Gasteiger partial charge < -0.3 is 0 Å². The lowest BCUT2D eigenvalue weighted by molar-refractivity contribution is 0.501. The molecule has 0 aliphatic heterocycles. The van der Waals surface area contributed by atoms with Crippen LogP contribution < -0.4 is 11.3 Å². The molecule has 0 aromatic heterocycles. The van der Waals surface area contributed by atoms with Gasteiger partial charge in [0.05, 0.1) is 0 Å². The average Bonchev–Trinajstić information content (AvgIpc) is 2.23. The molecule has 88 valence electrons. The molecule has 16 heavy (non-hydrogen) atoms. The summed E-state index contributed by atoms with van der Waals surface area (Å²) in [5, 5.41) is 0.763. The van der Waals surface area contributed by atoms with E-state index in [2.05, 4.69) is 18.1 Å². The van der Waals surface area contributed by atoms with Crippen molar-refractivity contribution in [3.63, 3.8) is 0 Å². The molecule has 2 nitrogen and oxygen atoms in total. The molecular weight excluding hydrogens is 220 g/mol. The third-order valence-electron chi connectivity index (χ3n) is 2.57. The second kappa shape index (κ2) is 6.69. The van der Waals surface area contributed by atoms with Crippen LogP contribution in [0, 0.1) is 6.92 Å². The smallest absolute Gasteiger partial charge is 0.0460 e. The summed E-state index contributed by atoms with van der Waals surface area (Å²) in [6.07, 6.45) is 5.00. The summed E-state index contributed by atoms with van der Waals surface area (Å²) < 4.78 is 0. The van der Waals surface area contributed by atoms with Gasteiger partial charge in [0.1, 0.15) is 0 Å². The van der Waals surface area contributed by atoms with Gasteiger partial charge in [-0.05, 0) is 49.4 Å². The van der Waals surface area contributed by atoms with Gasteiger partial charge in [-0.1, -0.05) is 23.7 Å². The van der Waals surface area contributed by atoms with Crippen molar-refractivity contribution >= 4 is 11.6 Å². The Balaban J connectivity index is 2.73. The van der Waals surface area contributed by atoms with Crippen LogP contribution >= 0.6 is 11.6 Å². The minimum absolute atomic E-state index is 0.164. The minimum atomic E-state index is 0.164. The second-order valence-corrected chi connectivity index (χ2v) is 4.44. The van der Waals surface area contributed by atoms with Gasteiger partial charge in [0.15, 0.2) is 0 Å². The van der Waals surface area contributed by atoms with Gasteiger partial charge in [-0.3, -0.25) is 11.3 Å². The van der Waals surface area contributed by atoms with Crippen LogP contribution in [0.5, 0.6) is 0 Å². The van der Waals surface area contributed by atoms with E-state index in [1.165, 1.54) is 0 Å². The first kappa shape index (κ1) is 13.2. The Morgan fingerprint density at radius 1 is 1.50 bits per heavy atom. The summed E-state index contributed by atoms with van der Waals surface area (Å²) in [6, 6.07) is 6.19. The number of hydrogen-bond acceptors (Lipinski definition) is 2. The Morgan fingerprint density at radius 3 is 2.81 bits per heavy atom. The van der Waals surface area contributed by atoms with Gasteiger partial charge in [0, 0.05) is 11.1 Å². The van der Waals surface area contributed by atoms with Crippen LogP contribution in [0.2, 0.25) is 5.02 Å². The van der Waals surface area contributed by atoms with Crippen molar-refractivity contribution in [1.82, 2.24) is 5.43 Å². The summed E-state index contributed by atoms with van der Waals surface area (Å²) in [5.74, 6) is 5.57. The number of nitrogens with one attached hydrogen (secondary N) is 1. The van der Waals surface area contributed by atoms with E-state index in [-0.39, 0.29) is 6.04 Å². The molecular formula is C13H19ClN2. The Hall–Kier alpha value is -0.830. The first-order valence-corrected chi connectivity index (χ1v) is 5.89. The van der Waals surface area contributed by atoms with Crippen molar-refractivity contribution in [1.29, 1.82) is 0 Å². The molecule has 1 aromatic carbocycles. The molecule has 0 aliphatic rings. The Kier molecular flexibility index (Phi) is 5.53. The van der Waals surface area contributed by atoms with Gasteiger partial charge in [0.2, 0.25) is 0 Å². The largest absolute Gasteiger partial charge is 0.271 e. The van der Waals surface area contributed by atoms with Crippen molar-refractivity contribution in [3.8, 4) is 0 Å². The first-order valence-electron chi connectivity index (χ1n) is 5.51.